The highest BCUT2D eigenvalue weighted by atomic mass is 16.5. The predicted molar refractivity (Wildman–Crippen MR) is 74.4 cm³/mol. The lowest BCUT2D eigenvalue weighted by Crippen LogP contribution is -2.10. The van der Waals surface area contributed by atoms with Crippen molar-refractivity contribution < 1.29 is 19.0 Å². The van der Waals surface area contributed by atoms with Crippen molar-refractivity contribution in [3.63, 3.8) is 0 Å². The topological polar surface area (TPSA) is 68.5 Å². The molecule has 0 radical (unpaired) electrons. The van der Waals surface area contributed by atoms with Crippen molar-refractivity contribution in [1.82, 2.24) is 0 Å². The van der Waals surface area contributed by atoms with Crippen LogP contribution in [0.4, 0.5) is 0 Å². The van der Waals surface area contributed by atoms with Crippen molar-refractivity contribution in [2.75, 3.05) is 13.7 Å². The predicted octanol–water partition coefficient (Wildman–Crippen LogP) is 2.56. The van der Waals surface area contributed by atoms with E-state index in [-0.39, 0.29) is 0 Å². The van der Waals surface area contributed by atoms with E-state index in [1.54, 1.807) is 31.4 Å². The lowest BCUT2D eigenvalue weighted by atomic mass is 10.2. The maximum Gasteiger partial charge on any atom is 0.332 e. The molecule has 1 aromatic rings. The highest BCUT2D eigenvalue weighted by Crippen LogP contribution is 2.28. The second kappa shape index (κ2) is 7.85. The summed E-state index contributed by atoms with van der Waals surface area (Å²) in [7, 11) is 1.56. The number of rotatable bonds is 6. The highest BCUT2D eigenvalue weighted by Gasteiger charge is 2.06. The Morgan fingerprint density at radius 2 is 2.20 bits per heavy atom. The lowest BCUT2D eigenvalue weighted by molar-refractivity contribution is -0.139. The molecule has 1 rings (SSSR count). The monoisotopic (exact) mass is 275 g/mol. The van der Waals surface area contributed by atoms with Gasteiger partial charge >= 0.3 is 5.97 Å². The van der Waals surface area contributed by atoms with Crippen LogP contribution in [0.25, 0.3) is 6.08 Å². The smallest absolute Gasteiger partial charge is 0.332 e. The third-order valence-corrected chi connectivity index (χ3v) is 2.37. The summed E-state index contributed by atoms with van der Waals surface area (Å²) in [5.41, 5.74) is 0.774. The van der Waals surface area contributed by atoms with E-state index < -0.39 is 12.1 Å². The molecule has 0 N–H and O–H groups in total. The minimum Gasteiger partial charge on any atom is -0.493 e. The van der Waals surface area contributed by atoms with Gasteiger partial charge in [-0.25, -0.2) is 4.79 Å². The van der Waals surface area contributed by atoms with Gasteiger partial charge in [0.1, 0.15) is 6.07 Å². The Balaban J connectivity index is 2.80. The molecule has 0 aliphatic heterocycles. The number of carbonyl (C=O) groups is 1. The van der Waals surface area contributed by atoms with Crippen molar-refractivity contribution in [1.29, 1.82) is 5.26 Å². The number of benzene rings is 1. The summed E-state index contributed by atoms with van der Waals surface area (Å²) in [6, 6.07) is 7.13. The van der Waals surface area contributed by atoms with E-state index in [2.05, 4.69) is 0 Å². The number of esters is 1. The molecule has 1 aromatic carbocycles. The third kappa shape index (κ3) is 4.65. The molecule has 0 saturated heterocycles. The van der Waals surface area contributed by atoms with E-state index >= 15 is 0 Å². The van der Waals surface area contributed by atoms with Crippen LogP contribution in [0.15, 0.2) is 24.3 Å². The Hall–Kier alpha value is -2.48. The molecule has 0 amide bonds. The zero-order valence-electron chi connectivity index (χ0n) is 11.8. The fourth-order valence-electron chi connectivity index (χ4n) is 1.47. The van der Waals surface area contributed by atoms with Gasteiger partial charge in [-0.2, -0.15) is 5.26 Å². The molecular formula is C15H17NO4. The van der Waals surface area contributed by atoms with Crippen molar-refractivity contribution in [2.24, 2.45) is 0 Å². The van der Waals surface area contributed by atoms with E-state index in [1.807, 2.05) is 13.0 Å². The summed E-state index contributed by atoms with van der Waals surface area (Å²) < 4.78 is 15.4. The van der Waals surface area contributed by atoms with Crippen molar-refractivity contribution >= 4 is 12.0 Å². The molecule has 0 aliphatic carbocycles. The number of methoxy groups -OCH3 is 1. The molecule has 0 aliphatic rings. The summed E-state index contributed by atoms with van der Waals surface area (Å²) >= 11 is 0. The van der Waals surface area contributed by atoms with Gasteiger partial charge in [0.25, 0.3) is 0 Å². The number of hydrogen-bond donors (Lipinski definition) is 0. The first-order chi connectivity index (χ1) is 9.60. The van der Waals surface area contributed by atoms with Gasteiger partial charge in [0.2, 0.25) is 0 Å². The average Bonchev–Trinajstić information content (AvgIpc) is 2.45. The molecule has 5 nitrogen and oxygen atoms in total. The van der Waals surface area contributed by atoms with Crippen LogP contribution < -0.4 is 9.47 Å². The van der Waals surface area contributed by atoms with Crippen LogP contribution >= 0.6 is 0 Å². The molecule has 0 saturated carbocycles. The normalized spacial score (nSPS) is 11.7. The minimum absolute atomic E-state index is 0.519. The molecule has 0 fully saturated rings. The summed E-state index contributed by atoms with van der Waals surface area (Å²) in [6.07, 6.45) is 2.10. The van der Waals surface area contributed by atoms with Gasteiger partial charge in [0.05, 0.1) is 13.7 Å². The van der Waals surface area contributed by atoms with Crippen molar-refractivity contribution in [3.05, 3.63) is 29.8 Å². The molecule has 1 atom stereocenters. The number of nitriles is 1. The van der Waals surface area contributed by atoms with E-state index in [1.165, 1.54) is 13.0 Å². The molecule has 0 spiro atoms. The Morgan fingerprint density at radius 3 is 2.80 bits per heavy atom. The maximum absolute atomic E-state index is 11.4. The minimum atomic E-state index is -0.762. The maximum atomic E-state index is 11.4. The summed E-state index contributed by atoms with van der Waals surface area (Å²) in [5, 5.41) is 8.54. The van der Waals surface area contributed by atoms with Crippen LogP contribution in [-0.2, 0) is 9.53 Å². The van der Waals surface area contributed by atoms with E-state index in [0.717, 1.165) is 5.56 Å². The molecule has 5 heteroatoms. The van der Waals surface area contributed by atoms with E-state index in [0.29, 0.717) is 18.1 Å². The van der Waals surface area contributed by atoms with Crippen LogP contribution in [0, 0.1) is 11.3 Å². The summed E-state index contributed by atoms with van der Waals surface area (Å²) in [6.45, 7) is 3.90. The molecule has 20 heavy (non-hydrogen) atoms. The van der Waals surface area contributed by atoms with E-state index in [4.69, 9.17) is 19.5 Å². The number of carbonyl (C=O) groups excluding carboxylic acids is 1. The highest BCUT2D eigenvalue weighted by molar-refractivity contribution is 5.87. The van der Waals surface area contributed by atoms with Gasteiger partial charge in [0, 0.05) is 6.08 Å². The van der Waals surface area contributed by atoms with Crippen LogP contribution in [0.1, 0.15) is 19.4 Å². The van der Waals surface area contributed by atoms with E-state index in [9.17, 15) is 4.79 Å². The molecule has 106 valence electrons. The lowest BCUT2D eigenvalue weighted by Gasteiger charge is -2.09. The van der Waals surface area contributed by atoms with Gasteiger partial charge in [-0.1, -0.05) is 6.07 Å². The first kappa shape index (κ1) is 15.6. The van der Waals surface area contributed by atoms with Gasteiger partial charge in [-0.05, 0) is 37.6 Å². The standard InChI is InChI=1S/C15H17NO4/c1-4-19-14-9-12(5-7-13(14)18-3)6-8-15(17)20-11(2)10-16/h5-9,11H,4H2,1-3H3/b8-6+/t11-/m0/s1. The average molecular weight is 275 g/mol. The zero-order chi connectivity index (χ0) is 15.0. The summed E-state index contributed by atoms with van der Waals surface area (Å²) in [4.78, 5) is 11.4. The number of nitrogens with zero attached hydrogens (tertiary/aromatic N) is 1. The van der Waals surface area contributed by atoms with Crippen molar-refractivity contribution in [3.8, 4) is 17.6 Å². The molecule has 0 bridgehead atoms. The fraction of sp³-hybridized carbons (Fsp3) is 0.333. The van der Waals surface area contributed by atoms with Gasteiger partial charge < -0.3 is 14.2 Å². The second-order valence-corrected chi connectivity index (χ2v) is 3.88. The number of hydrogen-bond acceptors (Lipinski definition) is 5. The van der Waals surface area contributed by atoms with Gasteiger partial charge in [-0.3, -0.25) is 0 Å². The molecule has 0 heterocycles. The largest absolute Gasteiger partial charge is 0.493 e. The SMILES string of the molecule is CCOc1cc(/C=C/C(=O)O[C@@H](C)C#N)ccc1OC. The third-order valence-electron chi connectivity index (χ3n) is 2.37. The quantitative estimate of drug-likeness (QED) is 0.589. The zero-order valence-corrected chi connectivity index (χ0v) is 11.8. The molecule has 0 aromatic heterocycles. The Morgan fingerprint density at radius 1 is 1.45 bits per heavy atom. The van der Waals surface area contributed by atoms with Crippen LogP contribution in [0.2, 0.25) is 0 Å². The number of ether oxygens (including phenoxy) is 3. The molecular weight excluding hydrogens is 258 g/mol. The van der Waals surface area contributed by atoms with Crippen molar-refractivity contribution in [2.45, 2.75) is 20.0 Å². The summed E-state index contributed by atoms with van der Waals surface area (Å²) in [5.74, 6) is 0.674. The molecule has 0 unspecified atom stereocenters. The Bertz CT molecular complexity index is 531. The van der Waals surface area contributed by atoms with Gasteiger partial charge in [-0.15, -0.1) is 0 Å². The van der Waals surface area contributed by atoms with Crippen LogP contribution in [0.5, 0.6) is 11.5 Å². The second-order valence-electron chi connectivity index (χ2n) is 3.88. The first-order valence-electron chi connectivity index (χ1n) is 6.19. The van der Waals surface area contributed by atoms with Gasteiger partial charge in [0.15, 0.2) is 17.6 Å². The fourth-order valence-corrected chi connectivity index (χ4v) is 1.47. The van der Waals surface area contributed by atoms with Crippen LogP contribution in [-0.4, -0.2) is 25.8 Å². The first-order valence-corrected chi connectivity index (χ1v) is 6.19. The Kier molecular flexibility index (Phi) is 6.11. The Labute approximate surface area is 118 Å². The van der Waals surface area contributed by atoms with Crippen LogP contribution in [0.3, 0.4) is 0 Å².